The number of halogens is 1. The summed E-state index contributed by atoms with van der Waals surface area (Å²) in [5.74, 6) is 0.574. The third kappa shape index (κ3) is 3.61. The van der Waals surface area contributed by atoms with Crippen molar-refractivity contribution < 1.29 is 9.90 Å². The van der Waals surface area contributed by atoms with E-state index in [1.807, 2.05) is 38.1 Å². The highest BCUT2D eigenvalue weighted by molar-refractivity contribution is 9.10. The van der Waals surface area contributed by atoms with Crippen molar-refractivity contribution in [1.29, 1.82) is 0 Å². The molecule has 0 aromatic heterocycles. The Bertz CT molecular complexity index is 483. The van der Waals surface area contributed by atoms with Gasteiger partial charge in [0.15, 0.2) is 0 Å². The van der Waals surface area contributed by atoms with Gasteiger partial charge < -0.3 is 10.4 Å². The Morgan fingerprint density at radius 3 is 2.75 bits per heavy atom. The summed E-state index contributed by atoms with van der Waals surface area (Å²) >= 11 is 3.45. The highest BCUT2D eigenvalue weighted by atomic mass is 79.9. The van der Waals surface area contributed by atoms with Crippen molar-refractivity contribution in [2.75, 3.05) is 6.61 Å². The fourth-order valence-electron chi connectivity index (χ4n) is 2.42. The Balaban J connectivity index is 2.09. The molecule has 1 saturated carbocycles. The van der Waals surface area contributed by atoms with Crippen molar-refractivity contribution in [2.24, 2.45) is 5.92 Å². The maximum absolute atomic E-state index is 12.6. The summed E-state index contributed by atoms with van der Waals surface area (Å²) < 4.78 is 0.977. The molecular formula is C16H22BrNO2. The molecule has 0 heterocycles. The minimum atomic E-state index is -0.577. The van der Waals surface area contributed by atoms with Gasteiger partial charge in [-0.15, -0.1) is 0 Å². The molecule has 1 atom stereocenters. The van der Waals surface area contributed by atoms with E-state index >= 15 is 0 Å². The lowest BCUT2D eigenvalue weighted by Gasteiger charge is -2.28. The van der Waals surface area contributed by atoms with Crippen molar-refractivity contribution in [3.05, 3.63) is 34.3 Å². The van der Waals surface area contributed by atoms with Crippen LogP contribution in [0.2, 0.25) is 0 Å². The number of carbonyl (C=O) groups excluding carboxylic acids is 1. The van der Waals surface area contributed by atoms with Crippen LogP contribution in [0.1, 0.15) is 38.7 Å². The van der Waals surface area contributed by atoms with Gasteiger partial charge in [-0.25, -0.2) is 0 Å². The fourth-order valence-corrected chi connectivity index (χ4v) is 2.82. The van der Waals surface area contributed by atoms with Gasteiger partial charge in [-0.05, 0) is 56.7 Å². The van der Waals surface area contributed by atoms with Crippen LogP contribution in [-0.2, 0) is 10.2 Å². The van der Waals surface area contributed by atoms with Crippen LogP contribution in [0.25, 0.3) is 0 Å². The zero-order valence-electron chi connectivity index (χ0n) is 12.0. The molecule has 0 radical (unpaired) electrons. The highest BCUT2D eigenvalue weighted by Gasteiger charge is 2.36. The summed E-state index contributed by atoms with van der Waals surface area (Å²) in [4.78, 5) is 12.6. The molecule has 3 nitrogen and oxygen atoms in total. The van der Waals surface area contributed by atoms with E-state index < -0.39 is 5.41 Å². The van der Waals surface area contributed by atoms with Gasteiger partial charge in [0, 0.05) is 17.1 Å². The zero-order valence-corrected chi connectivity index (χ0v) is 13.6. The maximum atomic E-state index is 12.6. The second-order valence-corrected chi connectivity index (χ2v) is 6.98. The largest absolute Gasteiger partial charge is 0.396 e. The van der Waals surface area contributed by atoms with Gasteiger partial charge in [0.05, 0.1) is 5.41 Å². The molecular weight excluding hydrogens is 318 g/mol. The first-order valence-corrected chi connectivity index (χ1v) is 7.92. The number of amides is 1. The van der Waals surface area contributed by atoms with E-state index in [1.54, 1.807) is 0 Å². The Hall–Kier alpha value is -0.870. The van der Waals surface area contributed by atoms with Crippen molar-refractivity contribution in [1.82, 2.24) is 5.32 Å². The normalized spacial score (nSPS) is 16.8. The standard InChI is InChI=1S/C16H22BrNO2/c1-16(2,12-4-3-5-13(17)10-12)15(20)18-14(8-9-19)11-6-7-11/h3-5,10-11,14,19H,6-9H2,1-2H3,(H,18,20). The van der Waals surface area contributed by atoms with Crippen LogP contribution in [-0.4, -0.2) is 23.7 Å². The first kappa shape index (κ1) is 15.5. The van der Waals surface area contributed by atoms with Crippen LogP contribution in [0.15, 0.2) is 28.7 Å². The second kappa shape index (κ2) is 6.27. The summed E-state index contributed by atoms with van der Waals surface area (Å²) in [5.41, 5.74) is 0.412. The summed E-state index contributed by atoms with van der Waals surface area (Å²) in [7, 11) is 0. The molecule has 0 aliphatic heterocycles. The Morgan fingerprint density at radius 1 is 1.50 bits per heavy atom. The van der Waals surface area contributed by atoms with E-state index in [0.717, 1.165) is 22.9 Å². The van der Waals surface area contributed by atoms with E-state index in [-0.39, 0.29) is 18.6 Å². The molecule has 1 aromatic carbocycles. The predicted molar refractivity (Wildman–Crippen MR) is 83.5 cm³/mol. The minimum Gasteiger partial charge on any atom is -0.396 e. The first-order valence-electron chi connectivity index (χ1n) is 7.13. The zero-order chi connectivity index (χ0) is 14.8. The maximum Gasteiger partial charge on any atom is 0.230 e. The number of rotatable bonds is 6. The molecule has 0 saturated heterocycles. The van der Waals surface area contributed by atoms with Gasteiger partial charge in [0.25, 0.3) is 0 Å². The van der Waals surface area contributed by atoms with Gasteiger partial charge in [0.2, 0.25) is 5.91 Å². The number of aliphatic hydroxyl groups is 1. The molecule has 1 unspecified atom stereocenters. The lowest BCUT2D eigenvalue weighted by atomic mass is 9.83. The average molecular weight is 340 g/mol. The van der Waals surface area contributed by atoms with Gasteiger partial charge in [-0.3, -0.25) is 4.79 Å². The molecule has 0 spiro atoms. The third-order valence-electron chi connectivity index (χ3n) is 4.06. The third-order valence-corrected chi connectivity index (χ3v) is 4.55. The van der Waals surface area contributed by atoms with Gasteiger partial charge in [-0.2, -0.15) is 0 Å². The van der Waals surface area contributed by atoms with E-state index in [2.05, 4.69) is 21.2 Å². The van der Waals surface area contributed by atoms with Crippen LogP contribution < -0.4 is 5.32 Å². The van der Waals surface area contributed by atoms with E-state index in [1.165, 1.54) is 0 Å². The molecule has 1 aliphatic carbocycles. The van der Waals surface area contributed by atoms with E-state index in [9.17, 15) is 4.79 Å². The van der Waals surface area contributed by atoms with Crippen molar-refractivity contribution >= 4 is 21.8 Å². The molecule has 2 rings (SSSR count). The smallest absolute Gasteiger partial charge is 0.230 e. The Morgan fingerprint density at radius 2 is 2.20 bits per heavy atom. The first-order chi connectivity index (χ1) is 9.45. The molecule has 4 heteroatoms. The Kier molecular flexibility index (Phi) is 4.86. The van der Waals surface area contributed by atoms with Crippen LogP contribution in [0.5, 0.6) is 0 Å². The minimum absolute atomic E-state index is 0.0287. The molecule has 1 aromatic rings. The molecule has 2 N–H and O–H groups in total. The molecule has 0 bridgehead atoms. The SMILES string of the molecule is CC(C)(C(=O)NC(CCO)C1CC1)c1cccc(Br)c1. The second-order valence-electron chi connectivity index (χ2n) is 6.07. The van der Waals surface area contributed by atoms with Crippen LogP contribution in [0, 0.1) is 5.92 Å². The number of carbonyl (C=O) groups is 1. The van der Waals surface area contributed by atoms with Gasteiger partial charge >= 0.3 is 0 Å². The van der Waals surface area contributed by atoms with Gasteiger partial charge in [0.1, 0.15) is 0 Å². The average Bonchev–Trinajstić information content (AvgIpc) is 3.22. The van der Waals surface area contributed by atoms with Crippen molar-refractivity contribution in [3.8, 4) is 0 Å². The Labute approximate surface area is 128 Å². The summed E-state index contributed by atoms with van der Waals surface area (Å²) in [6.45, 7) is 4.00. The number of hydrogen-bond acceptors (Lipinski definition) is 2. The van der Waals surface area contributed by atoms with Crippen LogP contribution in [0.3, 0.4) is 0 Å². The van der Waals surface area contributed by atoms with Gasteiger partial charge in [-0.1, -0.05) is 28.1 Å². The lowest BCUT2D eigenvalue weighted by Crippen LogP contribution is -2.46. The quantitative estimate of drug-likeness (QED) is 0.836. The number of hydrogen-bond donors (Lipinski definition) is 2. The molecule has 1 amide bonds. The number of nitrogens with one attached hydrogen (secondary N) is 1. The summed E-state index contributed by atoms with van der Waals surface area (Å²) in [5, 5.41) is 12.2. The van der Waals surface area contributed by atoms with E-state index in [4.69, 9.17) is 5.11 Å². The van der Waals surface area contributed by atoms with Crippen molar-refractivity contribution in [2.45, 2.75) is 44.6 Å². The van der Waals surface area contributed by atoms with Crippen molar-refractivity contribution in [3.63, 3.8) is 0 Å². The molecule has 1 fully saturated rings. The summed E-state index contributed by atoms with van der Waals surface area (Å²) in [6, 6.07) is 7.97. The van der Waals surface area contributed by atoms with E-state index in [0.29, 0.717) is 12.3 Å². The highest BCUT2D eigenvalue weighted by Crippen LogP contribution is 2.35. The summed E-state index contributed by atoms with van der Waals surface area (Å²) in [6.07, 6.45) is 2.95. The fraction of sp³-hybridized carbons (Fsp3) is 0.562. The predicted octanol–water partition coefficient (Wildman–Crippen LogP) is 3.00. The monoisotopic (exact) mass is 339 g/mol. The molecule has 110 valence electrons. The lowest BCUT2D eigenvalue weighted by molar-refractivity contribution is -0.126. The number of aliphatic hydroxyl groups excluding tert-OH is 1. The van der Waals surface area contributed by atoms with Crippen LogP contribution in [0.4, 0.5) is 0 Å². The topological polar surface area (TPSA) is 49.3 Å². The van der Waals surface area contributed by atoms with Crippen LogP contribution >= 0.6 is 15.9 Å². The number of benzene rings is 1. The molecule has 1 aliphatic rings. The molecule has 20 heavy (non-hydrogen) atoms.